The molecule has 22 heavy (non-hydrogen) atoms. The van der Waals surface area contributed by atoms with Gasteiger partial charge in [-0.2, -0.15) is 4.40 Å². The Labute approximate surface area is 129 Å². The highest BCUT2D eigenvalue weighted by atomic mass is 28.3. The molecule has 0 saturated carbocycles. The Bertz CT molecular complexity index is 1150. The van der Waals surface area contributed by atoms with Crippen LogP contribution in [0, 0.1) is 0 Å². The highest BCUT2D eigenvalue weighted by molar-refractivity contribution is 6.89. The van der Waals surface area contributed by atoms with E-state index in [0.717, 1.165) is 6.54 Å². The summed E-state index contributed by atoms with van der Waals surface area (Å²) < 4.78 is 5.10. The molecule has 2 aliphatic heterocycles. The summed E-state index contributed by atoms with van der Waals surface area (Å²) in [7, 11) is -1.41. The molecule has 2 nitrogen and oxygen atoms in total. The SMILES string of the molecule is C[Si]1(C)Cc2cccc3c4cccc5c4c4n(c1c[n+]4C5)c23. The molecule has 2 aromatic carbocycles. The van der Waals surface area contributed by atoms with E-state index in [0.29, 0.717) is 0 Å². The molecule has 4 aromatic rings. The van der Waals surface area contributed by atoms with Gasteiger partial charge in [-0.25, -0.2) is 4.57 Å². The predicted molar refractivity (Wildman–Crippen MR) is 92.5 cm³/mol. The van der Waals surface area contributed by atoms with Gasteiger partial charge in [0.05, 0.1) is 5.39 Å². The van der Waals surface area contributed by atoms with Crippen LogP contribution in [-0.2, 0) is 12.6 Å². The first-order chi connectivity index (χ1) is 10.6. The Morgan fingerprint density at radius 3 is 2.64 bits per heavy atom. The minimum atomic E-state index is -1.41. The summed E-state index contributed by atoms with van der Waals surface area (Å²) in [5, 5.41) is 5.93. The van der Waals surface area contributed by atoms with Crippen LogP contribution in [0.4, 0.5) is 0 Å². The van der Waals surface area contributed by atoms with Crippen LogP contribution in [0.3, 0.4) is 0 Å². The van der Waals surface area contributed by atoms with Crippen molar-refractivity contribution < 1.29 is 4.57 Å². The van der Waals surface area contributed by atoms with E-state index in [9.17, 15) is 0 Å². The second-order valence-corrected chi connectivity index (χ2v) is 12.1. The fourth-order valence-corrected chi connectivity index (χ4v) is 7.52. The zero-order valence-corrected chi connectivity index (χ0v) is 13.9. The van der Waals surface area contributed by atoms with Gasteiger partial charge in [-0.3, -0.25) is 0 Å². The average molecular weight is 301 g/mol. The molecule has 0 bridgehead atoms. The van der Waals surface area contributed by atoms with Crippen molar-refractivity contribution in [3.8, 4) is 0 Å². The van der Waals surface area contributed by atoms with Gasteiger partial charge in [-0.15, -0.1) is 0 Å². The number of aromatic nitrogens is 2. The summed E-state index contributed by atoms with van der Waals surface area (Å²) in [6.07, 6.45) is 2.45. The zero-order chi connectivity index (χ0) is 14.6. The highest BCUT2D eigenvalue weighted by Gasteiger charge is 2.41. The molecule has 3 heteroatoms. The molecule has 4 heterocycles. The standard InChI is InChI=1S/C19H17N2Si/c1-22(2)11-13-6-4-8-15-14-7-3-5-12-9-20-10-16(22)21(18(13)15)19(20)17(12)14/h3-8,10H,9,11H2,1-2H3/q+1. The lowest BCUT2D eigenvalue weighted by molar-refractivity contribution is -0.656. The van der Waals surface area contributed by atoms with Crippen LogP contribution < -0.4 is 9.88 Å². The first-order valence-electron chi connectivity index (χ1n) is 8.06. The Morgan fingerprint density at radius 2 is 1.77 bits per heavy atom. The molecule has 6 rings (SSSR count). The largest absolute Gasteiger partial charge is 0.295 e. The van der Waals surface area contributed by atoms with E-state index < -0.39 is 8.07 Å². The third kappa shape index (κ3) is 1.07. The second kappa shape index (κ2) is 3.28. The summed E-state index contributed by atoms with van der Waals surface area (Å²) >= 11 is 0. The number of hydrogen-bond donors (Lipinski definition) is 0. The Morgan fingerprint density at radius 1 is 1.00 bits per heavy atom. The molecule has 0 fully saturated rings. The zero-order valence-electron chi connectivity index (χ0n) is 12.9. The van der Waals surface area contributed by atoms with E-state index >= 15 is 0 Å². The summed E-state index contributed by atoms with van der Waals surface area (Å²) in [6.45, 7) is 6.06. The quantitative estimate of drug-likeness (QED) is 0.236. The van der Waals surface area contributed by atoms with Crippen molar-refractivity contribution in [1.82, 2.24) is 4.40 Å². The second-order valence-electron chi connectivity index (χ2n) is 7.51. The molecule has 0 atom stereocenters. The predicted octanol–water partition coefficient (Wildman–Crippen LogP) is 2.91. The summed E-state index contributed by atoms with van der Waals surface area (Å²) in [5.74, 6) is 0. The molecule has 2 aromatic heterocycles. The molecule has 0 saturated heterocycles. The molecular weight excluding hydrogens is 284 g/mol. The number of imidazole rings is 1. The van der Waals surface area contributed by atoms with Gasteiger partial charge >= 0.3 is 0 Å². The van der Waals surface area contributed by atoms with Gasteiger partial charge in [0.2, 0.25) is 0 Å². The van der Waals surface area contributed by atoms with Gasteiger partial charge in [0.15, 0.2) is 0 Å². The normalized spacial score (nSPS) is 17.5. The van der Waals surface area contributed by atoms with Gasteiger partial charge in [0, 0.05) is 16.3 Å². The molecule has 0 radical (unpaired) electrons. The van der Waals surface area contributed by atoms with Gasteiger partial charge in [-0.1, -0.05) is 49.5 Å². The molecule has 0 aliphatic carbocycles. The van der Waals surface area contributed by atoms with Crippen molar-refractivity contribution >= 4 is 40.7 Å². The maximum atomic E-state index is 2.61. The maximum absolute atomic E-state index is 2.61. The van der Waals surface area contributed by atoms with E-state index in [1.54, 1.807) is 10.9 Å². The van der Waals surface area contributed by atoms with Crippen molar-refractivity contribution in [2.24, 2.45) is 0 Å². The van der Waals surface area contributed by atoms with Crippen molar-refractivity contribution in [2.45, 2.75) is 25.7 Å². The highest BCUT2D eigenvalue weighted by Crippen LogP contribution is 2.37. The summed E-state index contributed by atoms with van der Waals surface area (Å²) in [5.41, 5.74) is 5.91. The van der Waals surface area contributed by atoms with Crippen LogP contribution in [0.25, 0.3) is 27.3 Å². The van der Waals surface area contributed by atoms with Crippen LogP contribution in [0.2, 0.25) is 13.1 Å². The fraction of sp³-hybridized carbons (Fsp3) is 0.211. The first kappa shape index (κ1) is 11.4. The smallest absolute Gasteiger partial charge is 0.226 e. The number of nitrogens with zero attached hydrogens (tertiary/aromatic N) is 2. The number of fused-ring (bicyclic) bond motifs is 1. The maximum Gasteiger partial charge on any atom is 0.295 e. The molecule has 106 valence electrons. The lowest BCUT2D eigenvalue weighted by Crippen LogP contribution is -2.49. The van der Waals surface area contributed by atoms with Crippen LogP contribution >= 0.6 is 0 Å². The molecular formula is C19H17N2Si+. The van der Waals surface area contributed by atoms with Gasteiger partial charge < -0.3 is 0 Å². The molecule has 0 N–H and O–H groups in total. The van der Waals surface area contributed by atoms with Crippen molar-refractivity contribution in [2.75, 3.05) is 0 Å². The summed E-state index contributed by atoms with van der Waals surface area (Å²) in [6, 6.07) is 15.0. The van der Waals surface area contributed by atoms with E-state index in [1.165, 1.54) is 38.9 Å². The van der Waals surface area contributed by atoms with Gasteiger partial charge in [-0.05, 0) is 11.6 Å². The Hall–Kier alpha value is -2.13. The third-order valence-electron chi connectivity index (χ3n) is 5.68. The molecule has 0 amide bonds. The van der Waals surface area contributed by atoms with Crippen LogP contribution in [0.5, 0.6) is 0 Å². The lowest BCUT2D eigenvalue weighted by atomic mass is 10.0. The first-order valence-corrected chi connectivity index (χ1v) is 11.3. The number of hydrogen-bond acceptors (Lipinski definition) is 0. The monoisotopic (exact) mass is 301 g/mol. The van der Waals surface area contributed by atoms with E-state index in [1.807, 2.05) is 0 Å². The Kier molecular flexibility index (Phi) is 1.70. The van der Waals surface area contributed by atoms with E-state index in [4.69, 9.17) is 0 Å². The van der Waals surface area contributed by atoms with Gasteiger partial charge in [0.1, 0.15) is 31.6 Å². The van der Waals surface area contributed by atoms with Crippen LogP contribution in [0.15, 0.2) is 42.6 Å². The van der Waals surface area contributed by atoms with Crippen molar-refractivity contribution in [1.29, 1.82) is 0 Å². The van der Waals surface area contributed by atoms with E-state index in [-0.39, 0.29) is 0 Å². The number of benzene rings is 2. The lowest BCUT2D eigenvalue weighted by Gasteiger charge is -2.24. The van der Waals surface area contributed by atoms with Gasteiger partial charge in [0.25, 0.3) is 5.65 Å². The van der Waals surface area contributed by atoms with Crippen LogP contribution in [-0.4, -0.2) is 12.5 Å². The number of rotatable bonds is 0. The van der Waals surface area contributed by atoms with Crippen LogP contribution in [0.1, 0.15) is 11.1 Å². The van der Waals surface area contributed by atoms with Crippen molar-refractivity contribution in [3.63, 3.8) is 0 Å². The Balaban J connectivity index is 2.08. The minimum absolute atomic E-state index is 1.03. The fourth-order valence-electron chi connectivity index (χ4n) is 4.77. The van der Waals surface area contributed by atoms with Crippen molar-refractivity contribution in [3.05, 3.63) is 53.7 Å². The minimum Gasteiger partial charge on any atom is -0.226 e. The number of pyridine rings is 1. The molecule has 0 unspecified atom stereocenters. The van der Waals surface area contributed by atoms with E-state index in [2.05, 4.69) is 64.7 Å². The molecule has 2 aliphatic rings. The third-order valence-corrected chi connectivity index (χ3v) is 8.68. The number of para-hydroxylation sites is 1. The summed E-state index contributed by atoms with van der Waals surface area (Å²) in [4.78, 5) is 0. The molecule has 0 spiro atoms. The topological polar surface area (TPSA) is 8.29 Å². The average Bonchev–Trinajstić information content (AvgIpc) is 3.03.